The van der Waals surface area contributed by atoms with Gasteiger partial charge in [0.05, 0.1) is 22.2 Å². The second kappa shape index (κ2) is 10.1. The van der Waals surface area contributed by atoms with Gasteiger partial charge in [0.25, 0.3) is 15.9 Å². The summed E-state index contributed by atoms with van der Waals surface area (Å²) in [5, 5.41) is 45.7. The lowest BCUT2D eigenvalue weighted by Crippen LogP contribution is -2.65. The number of ketones is 2. The lowest BCUT2D eigenvalue weighted by molar-refractivity contribution is -0.153. The van der Waals surface area contributed by atoms with Crippen LogP contribution in [-0.4, -0.2) is 91.1 Å². The van der Waals surface area contributed by atoms with Crippen molar-refractivity contribution in [3.05, 3.63) is 64.4 Å². The number of nitrogens with zero attached hydrogens (tertiary/aromatic N) is 2. The Morgan fingerprint density at radius 3 is 2.26 bits per heavy atom. The molecule has 3 aliphatic carbocycles. The summed E-state index contributed by atoms with van der Waals surface area (Å²) in [4.78, 5) is 42.5. The third kappa shape index (κ3) is 4.36. The highest BCUT2D eigenvalue weighted by Crippen LogP contribution is 2.54. The number of amides is 1. The quantitative estimate of drug-likeness (QED) is 0.199. The standard InChI is InChI=1S/C29H32N4O9S/c1-32(2)18-12-17(31-43(41,42)14-8-6-5-7-9-14)23(34)20-15(18)10-13-11-16-22(33(3)4)25(36)21(28(30)39)27(38)29(16,40)26(37)19(13)24(20)35/h5-9,12-13,16,22,31,34-35,38,40H,10-11H2,1-4H3,(H2,30,39)/t13?,16?,22-,29-/m0/s1. The monoisotopic (exact) mass is 612 g/mol. The van der Waals surface area contributed by atoms with Crippen molar-refractivity contribution in [1.29, 1.82) is 0 Å². The van der Waals surface area contributed by atoms with Crippen LogP contribution in [0.3, 0.4) is 0 Å². The van der Waals surface area contributed by atoms with Gasteiger partial charge in [-0.15, -0.1) is 0 Å². The predicted molar refractivity (Wildman–Crippen MR) is 156 cm³/mol. The number of fused-ring (bicyclic) bond motifs is 3. The van der Waals surface area contributed by atoms with Crippen molar-refractivity contribution in [3.8, 4) is 5.75 Å². The minimum absolute atomic E-state index is 0.0569. The number of anilines is 2. The van der Waals surface area contributed by atoms with Gasteiger partial charge in [0.2, 0.25) is 5.78 Å². The topological polar surface area (TPSA) is 211 Å². The summed E-state index contributed by atoms with van der Waals surface area (Å²) in [5.41, 5.74) is 1.66. The number of aromatic hydroxyl groups is 1. The number of carbonyl (C=O) groups is 3. The fourth-order valence-electron chi connectivity index (χ4n) is 6.57. The van der Waals surface area contributed by atoms with E-state index in [-0.39, 0.29) is 34.6 Å². The molecule has 0 bridgehead atoms. The van der Waals surface area contributed by atoms with E-state index < -0.39 is 73.8 Å². The first kappa shape index (κ1) is 30.1. The molecule has 0 aromatic heterocycles. The van der Waals surface area contributed by atoms with Crippen molar-refractivity contribution >= 4 is 44.6 Å². The minimum atomic E-state index is -4.18. The molecule has 2 unspecified atom stereocenters. The molecule has 2 aromatic rings. The number of likely N-dealkylation sites (N-methyl/N-ethyl adjacent to an activating group) is 1. The Balaban J connectivity index is 1.72. The first-order valence-corrected chi connectivity index (χ1v) is 14.8. The summed E-state index contributed by atoms with van der Waals surface area (Å²) >= 11 is 0. The number of aliphatic hydroxyl groups is 3. The number of rotatable bonds is 6. The number of nitrogens with one attached hydrogen (secondary N) is 1. The van der Waals surface area contributed by atoms with Gasteiger partial charge in [0, 0.05) is 31.3 Å². The van der Waals surface area contributed by atoms with Crippen LogP contribution in [0, 0.1) is 11.8 Å². The van der Waals surface area contributed by atoms with Gasteiger partial charge in [0.1, 0.15) is 17.1 Å². The Hall–Kier alpha value is -4.40. The number of benzene rings is 2. The van der Waals surface area contributed by atoms with Crippen LogP contribution in [0.4, 0.5) is 11.4 Å². The number of nitrogens with two attached hydrogens (primary N) is 1. The smallest absolute Gasteiger partial charge is 0.262 e. The van der Waals surface area contributed by atoms with Crippen LogP contribution < -0.4 is 15.4 Å². The molecule has 4 atom stereocenters. The van der Waals surface area contributed by atoms with Gasteiger partial charge in [-0.2, -0.15) is 0 Å². The SMILES string of the molecule is CN(C)c1cc(NS(=O)(=O)c2ccccc2)c(O)c2c1CC1CC3[C@H](N(C)C)C(=O)C(C(N)=O)=C(O)[C@@]3(O)C(=O)C1=C2O. The van der Waals surface area contributed by atoms with Crippen LogP contribution in [0.25, 0.3) is 5.76 Å². The van der Waals surface area contributed by atoms with E-state index in [1.807, 2.05) is 0 Å². The molecule has 13 nitrogen and oxygen atoms in total. The van der Waals surface area contributed by atoms with Gasteiger partial charge in [-0.3, -0.25) is 24.0 Å². The van der Waals surface area contributed by atoms with Crippen LogP contribution in [-0.2, 0) is 30.8 Å². The normalized spacial score (nSPS) is 25.3. The molecular weight excluding hydrogens is 580 g/mol. The molecule has 1 fully saturated rings. The van der Waals surface area contributed by atoms with Gasteiger partial charge in [-0.1, -0.05) is 18.2 Å². The maximum Gasteiger partial charge on any atom is 0.262 e. The summed E-state index contributed by atoms with van der Waals surface area (Å²) in [6.07, 6.45) is -0.0108. The van der Waals surface area contributed by atoms with E-state index in [0.717, 1.165) is 0 Å². The molecule has 5 rings (SSSR count). The fraction of sp³-hybridized carbons (Fsp3) is 0.345. The van der Waals surface area contributed by atoms with Gasteiger partial charge >= 0.3 is 0 Å². The third-order valence-corrected chi connectivity index (χ3v) is 9.86. The van der Waals surface area contributed by atoms with Crippen molar-refractivity contribution in [2.45, 2.75) is 29.4 Å². The molecule has 0 saturated heterocycles. The first-order chi connectivity index (χ1) is 20.0. The summed E-state index contributed by atoms with van der Waals surface area (Å²) in [6, 6.07) is 7.64. The van der Waals surface area contributed by atoms with Crippen molar-refractivity contribution in [2.24, 2.45) is 17.6 Å². The summed E-state index contributed by atoms with van der Waals surface area (Å²) in [5.74, 6) is -7.88. The zero-order valence-electron chi connectivity index (χ0n) is 23.8. The zero-order valence-corrected chi connectivity index (χ0v) is 24.6. The lowest BCUT2D eigenvalue weighted by atomic mass is 9.57. The van der Waals surface area contributed by atoms with Gasteiger partial charge in [-0.25, -0.2) is 8.42 Å². The zero-order chi connectivity index (χ0) is 31.8. The second-order valence-corrected chi connectivity index (χ2v) is 13.1. The summed E-state index contributed by atoms with van der Waals surface area (Å²) in [7, 11) is 2.23. The second-order valence-electron chi connectivity index (χ2n) is 11.4. The van der Waals surface area contributed by atoms with E-state index in [4.69, 9.17) is 5.73 Å². The Morgan fingerprint density at radius 2 is 1.70 bits per heavy atom. The maximum atomic E-state index is 14.1. The van der Waals surface area contributed by atoms with E-state index in [1.54, 1.807) is 25.1 Å². The van der Waals surface area contributed by atoms with E-state index in [9.17, 15) is 43.2 Å². The van der Waals surface area contributed by atoms with Gasteiger partial charge in [0.15, 0.2) is 17.1 Å². The molecule has 0 aliphatic heterocycles. The van der Waals surface area contributed by atoms with Crippen LogP contribution in [0.1, 0.15) is 17.5 Å². The molecule has 43 heavy (non-hydrogen) atoms. The molecule has 0 radical (unpaired) electrons. The van der Waals surface area contributed by atoms with E-state index >= 15 is 0 Å². The molecule has 0 spiro atoms. The van der Waals surface area contributed by atoms with Crippen LogP contribution in [0.2, 0.25) is 0 Å². The number of Topliss-reactive ketones (excluding diaryl/α,β-unsaturated/α-hetero) is 2. The van der Waals surface area contributed by atoms with Crippen molar-refractivity contribution in [2.75, 3.05) is 37.8 Å². The van der Waals surface area contributed by atoms with Gasteiger partial charge < -0.3 is 31.1 Å². The van der Waals surface area contributed by atoms with E-state index in [0.29, 0.717) is 11.3 Å². The number of phenolic OH excluding ortho intramolecular Hbond substituents is 1. The Morgan fingerprint density at radius 1 is 1.07 bits per heavy atom. The number of primary amides is 1. The highest BCUT2D eigenvalue weighted by atomic mass is 32.2. The van der Waals surface area contributed by atoms with E-state index in [2.05, 4.69) is 4.72 Å². The van der Waals surface area contributed by atoms with Crippen molar-refractivity contribution in [3.63, 3.8) is 0 Å². The van der Waals surface area contributed by atoms with Crippen LogP contribution in [0.5, 0.6) is 5.75 Å². The molecule has 14 heteroatoms. The maximum absolute atomic E-state index is 14.1. The van der Waals surface area contributed by atoms with Crippen LogP contribution >= 0.6 is 0 Å². The number of phenols is 1. The summed E-state index contributed by atoms with van der Waals surface area (Å²) < 4.78 is 28.5. The average molecular weight is 613 g/mol. The Bertz CT molecular complexity index is 1750. The number of hydrogen-bond acceptors (Lipinski definition) is 11. The highest BCUT2D eigenvalue weighted by Gasteiger charge is 2.64. The molecular formula is C29H32N4O9S. The minimum Gasteiger partial charge on any atom is -0.508 e. The van der Waals surface area contributed by atoms with E-state index in [1.165, 1.54) is 49.3 Å². The first-order valence-electron chi connectivity index (χ1n) is 13.3. The number of aliphatic hydroxyl groups excluding tert-OH is 2. The number of hydrogen-bond donors (Lipinski definition) is 6. The van der Waals surface area contributed by atoms with Crippen molar-refractivity contribution in [1.82, 2.24) is 4.90 Å². The molecule has 1 amide bonds. The molecule has 3 aliphatic rings. The largest absolute Gasteiger partial charge is 0.508 e. The molecule has 0 heterocycles. The number of sulfonamides is 1. The molecule has 2 aromatic carbocycles. The third-order valence-electron chi connectivity index (χ3n) is 8.48. The van der Waals surface area contributed by atoms with Crippen LogP contribution in [0.15, 0.2) is 58.2 Å². The fourth-order valence-corrected chi connectivity index (χ4v) is 7.65. The molecule has 1 saturated carbocycles. The predicted octanol–water partition coefficient (Wildman–Crippen LogP) is 0.831. The van der Waals surface area contributed by atoms with Crippen molar-refractivity contribution < 1.29 is 43.2 Å². The molecule has 228 valence electrons. The lowest BCUT2D eigenvalue weighted by Gasteiger charge is -2.50. The number of carbonyl (C=O) groups excluding carboxylic acids is 3. The average Bonchev–Trinajstić information content (AvgIpc) is 2.92. The van der Waals surface area contributed by atoms with Gasteiger partial charge in [-0.05, 0) is 56.6 Å². The molecule has 7 N–H and O–H groups in total. The Kier molecular flexibility index (Phi) is 7.07. The Labute approximate surface area is 247 Å². The highest BCUT2D eigenvalue weighted by molar-refractivity contribution is 7.92. The summed E-state index contributed by atoms with van der Waals surface area (Å²) in [6.45, 7) is 0.